The number of para-hydroxylation sites is 1. The number of phenolic OH excluding ortho intramolecular Hbond substituents is 1. The number of phenols is 1. The number of carbonyl (C=O) groups is 1. The number of hydrogen-bond donors (Lipinski definition) is 2. The molecule has 0 bridgehead atoms. The molecule has 1 unspecified atom stereocenters. The maximum absolute atomic E-state index is 11.9. The molecule has 0 saturated carbocycles. The first kappa shape index (κ1) is 14.0. The lowest BCUT2D eigenvalue weighted by Crippen LogP contribution is -2.08. The van der Waals surface area contributed by atoms with E-state index in [1.807, 2.05) is 11.9 Å². The third-order valence-electron chi connectivity index (χ3n) is 2.23. The quantitative estimate of drug-likeness (QED) is 0.502. The summed E-state index contributed by atoms with van der Waals surface area (Å²) in [5.74, 6) is 1.25. The third kappa shape index (κ3) is 3.52. The van der Waals surface area contributed by atoms with Crippen molar-refractivity contribution in [3.63, 3.8) is 0 Å². The summed E-state index contributed by atoms with van der Waals surface area (Å²) in [6, 6.07) is 8.13. The second kappa shape index (κ2) is 6.63. The van der Waals surface area contributed by atoms with Gasteiger partial charge in [0.1, 0.15) is 11.3 Å². The van der Waals surface area contributed by atoms with Crippen LogP contribution in [0, 0.1) is 0 Å². The van der Waals surface area contributed by atoms with E-state index >= 15 is 0 Å². The van der Waals surface area contributed by atoms with Crippen molar-refractivity contribution < 1.29 is 19.5 Å². The Morgan fingerprint density at radius 1 is 1.37 bits per heavy atom. The fraction of sp³-hybridized carbons (Fsp3) is 0.0833. The second-order valence-corrected chi connectivity index (χ2v) is 5.35. The number of nitrogens with one attached hydrogen (secondary N) is 1. The molecule has 0 saturated heterocycles. The van der Waals surface area contributed by atoms with E-state index in [0.29, 0.717) is 5.48 Å². The van der Waals surface area contributed by atoms with Crippen LogP contribution in [0.4, 0.5) is 0 Å². The monoisotopic (exact) mass is 297 g/mol. The van der Waals surface area contributed by atoms with E-state index < -0.39 is 5.97 Å². The highest BCUT2D eigenvalue weighted by atomic mass is 32.2. The van der Waals surface area contributed by atoms with Crippen molar-refractivity contribution in [2.24, 2.45) is 0 Å². The molecule has 1 heterocycles. The molecule has 1 atom stereocenters. The van der Waals surface area contributed by atoms with Gasteiger partial charge in [-0.2, -0.15) is 0 Å². The average Bonchev–Trinajstić information content (AvgIpc) is 2.84. The van der Waals surface area contributed by atoms with E-state index in [-0.39, 0.29) is 19.5 Å². The summed E-state index contributed by atoms with van der Waals surface area (Å²) < 4.78 is 5.30. The molecule has 0 fully saturated rings. The molecule has 7 heteroatoms. The zero-order valence-electron chi connectivity index (χ0n) is 10.0. The number of hydrogen-bond acceptors (Lipinski definition) is 6. The molecule has 0 aliphatic heterocycles. The molecule has 1 aromatic carbocycles. The van der Waals surface area contributed by atoms with Crippen molar-refractivity contribution in [3.05, 3.63) is 41.7 Å². The molecule has 0 radical (unpaired) electrons. The summed E-state index contributed by atoms with van der Waals surface area (Å²) in [6.45, 7) is 0. The fourth-order valence-electron chi connectivity index (χ4n) is 1.38. The molecule has 0 aliphatic carbocycles. The van der Waals surface area contributed by atoms with Gasteiger partial charge in [-0.15, -0.1) is 4.89 Å². The molecule has 0 spiro atoms. The lowest BCUT2D eigenvalue weighted by Gasteiger charge is -2.06. The number of benzene rings is 1. The van der Waals surface area contributed by atoms with Gasteiger partial charge in [-0.1, -0.05) is 20.3 Å². The highest BCUT2D eigenvalue weighted by Gasteiger charge is 2.15. The second-order valence-electron chi connectivity index (χ2n) is 3.47. The Kier molecular flexibility index (Phi) is 4.87. The summed E-state index contributed by atoms with van der Waals surface area (Å²) in [7, 11) is 1.79. The zero-order chi connectivity index (χ0) is 13.7. The number of carbonyl (C=O) groups excluding carboxylic acids is 1. The zero-order valence-corrected chi connectivity index (χ0v) is 11.9. The number of rotatable bonds is 5. The predicted octanol–water partition coefficient (Wildman–Crippen LogP) is 2.80. The molecular weight excluding hydrogens is 285 g/mol. The van der Waals surface area contributed by atoms with Gasteiger partial charge in [-0.3, -0.25) is 4.84 Å². The highest BCUT2D eigenvalue weighted by molar-refractivity contribution is 7.97. The normalized spacial score (nSPS) is 10.8. The Balaban J connectivity index is 2.11. The minimum atomic E-state index is -0.570. The molecule has 2 aromatic rings. The van der Waals surface area contributed by atoms with Crippen LogP contribution in [0.2, 0.25) is 0 Å². The first-order valence-electron chi connectivity index (χ1n) is 5.34. The van der Waals surface area contributed by atoms with Gasteiger partial charge in [-0.25, -0.2) is 4.79 Å². The maximum Gasteiger partial charge on any atom is 0.347 e. The van der Waals surface area contributed by atoms with Crippen molar-refractivity contribution in [2.45, 2.75) is 4.90 Å². The molecule has 2 rings (SSSR count). The lowest BCUT2D eigenvalue weighted by atomic mass is 10.2. The highest BCUT2D eigenvalue weighted by Crippen LogP contribution is 2.37. The van der Waals surface area contributed by atoms with Gasteiger partial charge in [0, 0.05) is 0 Å². The summed E-state index contributed by atoms with van der Waals surface area (Å²) in [5.41, 5.74) is 0.707. The largest absolute Gasteiger partial charge is 0.507 e. The first-order chi connectivity index (χ1) is 9.22. The van der Waals surface area contributed by atoms with Crippen LogP contribution < -0.4 is 9.62 Å². The van der Waals surface area contributed by atoms with Crippen LogP contribution in [0.5, 0.6) is 11.2 Å². The minimum absolute atomic E-state index is 0.0911. The number of aromatic hydroxyl groups is 1. The minimum Gasteiger partial charge on any atom is -0.507 e. The van der Waals surface area contributed by atoms with Crippen molar-refractivity contribution >= 4 is 26.1 Å². The Labute approximate surface area is 116 Å². The third-order valence-corrected chi connectivity index (χ3v) is 4.17. The molecule has 19 heavy (non-hydrogen) atoms. The topological polar surface area (TPSA) is 67.8 Å². The van der Waals surface area contributed by atoms with E-state index in [2.05, 4.69) is 4.89 Å². The smallest absolute Gasteiger partial charge is 0.347 e. The maximum atomic E-state index is 11.9. The Morgan fingerprint density at radius 3 is 2.89 bits per heavy atom. The molecule has 5 nitrogen and oxygen atoms in total. The fourth-order valence-corrected chi connectivity index (χ4v) is 3.05. The number of esters is 1. The summed E-state index contributed by atoms with van der Waals surface area (Å²) in [5, 5.41) is 9.59. The molecule has 2 N–H and O–H groups in total. The Morgan fingerprint density at radius 2 is 2.16 bits per heavy atom. The molecular formula is C12H12NO4PS. The van der Waals surface area contributed by atoms with Crippen LogP contribution in [0.3, 0.4) is 0 Å². The van der Waals surface area contributed by atoms with E-state index in [9.17, 15) is 9.90 Å². The van der Waals surface area contributed by atoms with Crippen LogP contribution in [-0.4, -0.2) is 18.2 Å². The van der Waals surface area contributed by atoms with Crippen LogP contribution >= 0.6 is 20.1 Å². The van der Waals surface area contributed by atoms with Gasteiger partial charge in [0.05, 0.1) is 12.0 Å². The van der Waals surface area contributed by atoms with Gasteiger partial charge in [0.2, 0.25) is 0 Å². The van der Waals surface area contributed by atoms with Crippen LogP contribution in [0.15, 0.2) is 41.0 Å². The van der Waals surface area contributed by atoms with Crippen molar-refractivity contribution in [3.8, 4) is 11.2 Å². The first-order valence-corrected chi connectivity index (χ1v) is 7.24. The van der Waals surface area contributed by atoms with Crippen molar-refractivity contribution in [1.82, 2.24) is 4.89 Å². The molecule has 0 amide bonds. The van der Waals surface area contributed by atoms with Crippen LogP contribution in [-0.2, 0) is 4.84 Å². The molecule has 1 aromatic heterocycles. The summed E-state index contributed by atoms with van der Waals surface area (Å²) in [6.07, 6.45) is 0. The van der Waals surface area contributed by atoms with Gasteiger partial charge < -0.3 is 9.84 Å². The SMILES string of the molecule is CONSc1cc[pH]c1OC(=O)c1ccccc1O. The lowest BCUT2D eigenvalue weighted by molar-refractivity contribution is 0.0733. The van der Waals surface area contributed by atoms with E-state index in [4.69, 9.17) is 9.57 Å². The molecule has 0 aliphatic rings. The molecule has 100 valence electrons. The Bertz CT molecular complexity index is 572. The van der Waals surface area contributed by atoms with E-state index in [1.165, 1.54) is 31.2 Å². The van der Waals surface area contributed by atoms with Crippen LogP contribution in [0.25, 0.3) is 0 Å². The van der Waals surface area contributed by atoms with E-state index in [1.54, 1.807) is 12.1 Å². The van der Waals surface area contributed by atoms with Crippen molar-refractivity contribution in [1.29, 1.82) is 0 Å². The van der Waals surface area contributed by atoms with Gasteiger partial charge in [-0.05, 0) is 35.9 Å². The summed E-state index contributed by atoms with van der Waals surface area (Å²) >= 11 is 1.22. The van der Waals surface area contributed by atoms with Crippen molar-refractivity contribution in [2.75, 3.05) is 7.11 Å². The summed E-state index contributed by atoms with van der Waals surface area (Å²) in [4.78, 5) is 20.1. The van der Waals surface area contributed by atoms with Gasteiger partial charge in [0.15, 0.2) is 5.48 Å². The Hall–Kier alpha value is -1.46. The van der Waals surface area contributed by atoms with E-state index in [0.717, 1.165) is 4.90 Å². The van der Waals surface area contributed by atoms with Gasteiger partial charge >= 0.3 is 5.97 Å². The average molecular weight is 297 g/mol. The standard InChI is InChI=1S/C12H12NO4PS/c1-16-13-19-10-6-7-18-12(10)17-11(15)8-4-2-3-5-9(8)14/h2-7,13-14,18H,1H3. The number of ether oxygens (including phenoxy) is 1. The predicted molar refractivity (Wildman–Crippen MR) is 75.0 cm³/mol. The van der Waals surface area contributed by atoms with Gasteiger partial charge in [0.25, 0.3) is 0 Å². The van der Waals surface area contributed by atoms with Crippen LogP contribution in [0.1, 0.15) is 10.4 Å².